The Labute approximate surface area is 149 Å². The van der Waals surface area contributed by atoms with Gasteiger partial charge in [-0.15, -0.1) is 11.3 Å². The number of nitrogens with one attached hydrogen (secondary N) is 1. The van der Waals surface area contributed by atoms with Crippen molar-refractivity contribution >= 4 is 17.2 Å². The fourth-order valence-corrected chi connectivity index (χ4v) is 3.05. The molecule has 0 aliphatic carbocycles. The molecule has 0 aromatic carbocycles. The Bertz CT molecular complexity index is 918. The van der Waals surface area contributed by atoms with Gasteiger partial charge in [-0.2, -0.15) is 5.10 Å². The van der Waals surface area contributed by atoms with Crippen LogP contribution >= 0.6 is 11.3 Å². The monoisotopic (exact) mass is 354 g/mol. The Morgan fingerprint density at radius 3 is 2.64 bits per heavy atom. The molecule has 1 N–H and O–H groups in total. The fourth-order valence-electron chi connectivity index (χ4n) is 2.36. The van der Waals surface area contributed by atoms with Crippen molar-refractivity contribution in [2.45, 2.75) is 25.9 Å². The number of aromatic nitrogens is 3. The first-order valence-corrected chi connectivity index (χ1v) is 8.68. The maximum absolute atomic E-state index is 12.7. The van der Waals surface area contributed by atoms with Gasteiger partial charge >= 0.3 is 0 Å². The summed E-state index contributed by atoms with van der Waals surface area (Å²) in [6, 6.07) is 10.6. The van der Waals surface area contributed by atoms with E-state index in [0.717, 1.165) is 10.4 Å². The van der Waals surface area contributed by atoms with Gasteiger partial charge in [0.05, 0.1) is 4.88 Å². The number of amides is 1. The quantitative estimate of drug-likeness (QED) is 0.763. The van der Waals surface area contributed by atoms with E-state index in [1.54, 1.807) is 32.3 Å². The zero-order valence-electron chi connectivity index (χ0n) is 14.0. The minimum Gasteiger partial charge on any atom is -0.350 e. The van der Waals surface area contributed by atoms with Crippen molar-refractivity contribution in [3.63, 3.8) is 0 Å². The first-order chi connectivity index (χ1) is 12.0. The molecule has 0 bridgehead atoms. The van der Waals surface area contributed by atoms with Gasteiger partial charge in [-0.3, -0.25) is 14.6 Å². The minimum atomic E-state index is -1.11. The summed E-state index contributed by atoms with van der Waals surface area (Å²) in [6.07, 6.45) is 3.34. The third kappa shape index (κ3) is 3.66. The summed E-state index contributed by atoms with van der Waals surface area (Å²) in [4.78, 5) is 29.8. The van der Waals surface area contributed by atoms with Gasteiger partial charge in [0, 0.05) is 25.0 Å². The second-order valence-corrected chi connectivity index (χ2v) is 6.99. The summed E-state index contributed by atoms with van der Waals surface area (Å²) in [5, 5.41) is 9.21. The number of nitrogens with zero attached hydrogens (tertiary/aromatic N) is 3. The third-order valence-corrected chi connectivity index (χ3v) is 4.75. The second kappa shape index (κ2) is 6.98. The third-order valence-electron chi connectivity index (χ3n) is 3.86. The van der Waals surface area contributed by atoms with Crippen molar-refractivity contribution in [3.8, 4) is 10.6 Å². The first kappa shape index (κ1) is 17.0. The van der Waals surface area contributed by atoms with Crippen LogP contribution in [0, 0.1) is 0 Å². The largest absolute Gasteiger partial charge is 0.350 e. The minimum absolute atomic E-state index is 0.276. The number of thiophene rings is 1. The summed E-state index contributed by atoms with van der Waals surface area (Å²) in [7, 11) is 0. The molecule has 0 fully saturated rings. The number of hydrogen-bond acceptors (Lipinski definition) is 5. The van der Waals surface area contributed by atoms with E-state index in [1.165, 1.54) is 22.1 Å². The molecule has 3 aromatic rings. The highest BCUT2D eigenvalue weighted by Gasteiger charge is 2.32. The molecule has 0 radical (unpaired) electrons. The normalized spacial score (nSPS) is 11.3. The van der Waals surface area contributed by atoms with E-state index in [4.69, 9.17) is 0 Å². The molecule has 1 amide bonds. The standard InChI is InChI=1S/C18H18N4O2S/c1-18(2,17(24)20-12-13-7-9-19-10-8-13)22-16(23)6-5-14(21-22)15-4-3-11-25-15/h3-11H,12H2,1-2H3,(H,20,24). The molecule has 3 rings (SSSR count). The Balaban J connectivity index is 1.84. The van der Waals surface area contributed by atoms with E-state index in [-0.39, 0.29) is 11.5 Å². The molecular formula is C18H18N4O2S. The SMILES string of the molecule is CC(C)(C(=O)NCc1ccncc1)n1nc(-c2cccs2)ccc1=O. The topological polar surface area (TPSA) is 76.9 Å². The van der Waals surface area contributed by atoms with Crippen LogP contribution in [-0.2, 0) is 16.9 Å². The van der Waals surface area contributed by atoms with Crippen LogP contribution in [0.3, 0.4) is 0 Å². The van der Waals surface area contributed by atoms with Crippen molar-refractivity contribution < 1.29 is 4.79 Å². The van der Waals surface area contributed by atoms with E-state index >= 15 is 0 Å². The van der Waals surface area contributed by atoms with Gasteiger partial charge in [0.15, 0.2) is 0 Å². The molecule has 0 unspecified atom stereocenters. The summed E-state index contributed by atoms with van der Waals surface area (Å²) < 4.78 is 1.24. The number of hydrogen-bond donors (Lipinski definition) is 1. The molecule has 6 nitrogen and oxygen atoms in total. The average Bonchev–Trinajstić information content (AvgIpc) is 3.15. The molecule has 7 heteroatoms. The predicted molar refractivity (Wildman–Crippen MR) is 97.2 cm³/mol. The number of carbonyl (C=O) groups is 1. The zero-order chi connectivity index (χ0) is 17.9. The van der Waals surface area contributed by atoms with Crippen molar-refractivity contribution in [3.05, 3.63) is 70.1 Å². The van der Waals surface area contributed by atoms with Crippen LogP contribution in [0.1, 0.15) is 19.4 Å². The van der Waals surface area contributed by atoms with Crippen LogP contribution in [0.4, 0.5) is 0 Å². The first-order valence-electron chi connectivity index (χ1n) is 7.80. The molecule has 3 aromatic heterocycles. The number of carbonyl (C=O) groups excluding carboxylic acids is 1. The molecule has 0 atom stereocenters. The van der Waals surface area contributed by atoms with Crippen LogP contribution in [0.5, 0.6) is 0 Å². The zero-order valence-corrected chi connectivity index (χ0v) is 14.8. The average molecular weight is 354 g/mol. The van der Waals surface area contributed by atoms with Gasteiger partial charge in [0.2, 0.25) is 5.91 Å². The Hall–Kier alpha value is -2.80. The lowest BCUT2D eigenvalue weighted by atomic mass is 10.0. The molecule has 0 saturated heterocycles. The Morgan fingerprint density at radius 1 is 1.20 bits per heavy atom. The Morgan fingerprint density at radius 2 is 1.96 bits per heavy atom. The van der Waals surface area contributed by atoms with Crippen LogP contribution in [-0.4, -0.2) is 20.7 Å². The Kier molecular flexibility index (Phi) is 4.76. The van der Waals surface area contributed by atoms with E-state index in [2.05, 4.69) is 15.4 Å². The lowest BCUT2D eigenvalue weighted by Gasteiger charge is -2.25. The molecule has 0 aliphatic heterocycles. The van der Waals surface area contributed by atoms with Gasteiger partial charge in [0.25, 0.3) is 5.56 Å². The highest BCUT2D eigenvalue weighted by atomic mass is 32.1. The molecule has 0 saturated carbocycles. The summed E-state index contributed by atoms with van der Waals surface area (Å²) >= 11 is 1.53. The lowest BCUT2D eigenvalue weighted by molar-refractivity contribution is -0.129. The van der Waals surface area contributed by atoms with Crippen LogP contribution in [0.2, 0.25) is 0 Å². The molecule has 0 aliphatic rings. The number of pyridine rings is 1. The maximum Gasteiger partial charge on any atom is 0.267 e. The molecule has 128 valence electrons. The summed E-state index contributed by atoms with van der Waals surface area (Å²) in [5.74, 6) is -0.276. The number of rotatable bonds is 5. The highest BCUT2D eigenvalue weighted by molar-refractivity contribution is 7.13. The van der Waals surface area contributed by atoms with E-state index in [0.29, 0.717) is 12.2 Å². The van der Waals surface area contributed by atoms with Crippen LogP contribution in [0.25, 0.3) is 10.6 Å². The molecule has 0 spiro atoms. The summed E-state index contributed by atoms with van der Waals surface area (Å²) in [5.41, 5.74) is 0.179. The van der Waals surface area contributed by atoms with Gasteiger partial charge in [-0.05, 0) is 49.1 Å². The van der Waals surface area contributed by atoms with Crippen molar-refractivity contribution in [2.75, 3.05) is 0 Å². The van der Waals surface area contributed by atoms with Crippen molar-refractivity contribution in [1.82, 2.24) is 20.1 Å². The van der Waals surface area contributed by atoms with Gasteiger partial charge < -0.3 is 5.32 Å². The summed E-state index contributed by atoms with van der Waals surface area (Å²) in [6.45, 7) is 3.73. The van der Waals surface area contributed by atoms with Gasteiger partial charge in [-0.25, -0.2) is 4.68 Å². The molecular weight excluding hydrogens is 336 g/mol. The van der Waals surface area contributed by atoms with E-state index < -0.39 is 5.54 Å². The van der Waals surface area contributed by atoms with E-state index in [9.17, 15) is 9.59 Å². The fraction of sp³-hybridized carbons (Fsp3) is 0.222. The van der Waals surface area contributed by atoms with Gasteiger partial charge in [0.1, 0.15) is 11.2 Å². The predicted octanol–water partition coefficient (Wildman–Crippen LogP) is 2.42. The highest BCUT2D eigenvalue weighted by Crippen LogP contribution is 2.22. The second-order valence-electron chi connectivity index (χ2n) is 6.04. The molecule has 3 heterocycles. The van der Waals surface area contributed by atoms with Gasteiger partial charge in [-0.1, -0.05) is 6.07 Å². The lowest BCUT2D eigenvalue weighted by Crippen LogP contribution is -2.49. The van der Waals surface area contributed by atoms with E-state index in [1.807, 2.05) is 29.6 Å². The van der Waals surface area contributed by atoms with Crippen LogP contribution < -0.4 is 10.9 Å². The molecule has 25 heavy (non-hydrogen) atoms. The maximum atomic E-state index is 12.7. The van der Waals surface area contributed by atoms with Crippen molar-refractivity contribution in [1.29, 1.82) is 0 Å². The van der Waals surface area contributed by atoms with Crippen molar-refractivity contribution in [2.24, 2.45) is 0 Å². The smallest absolute Gasteiger partial charge is 0.267 e. The van der Waals surface area contributed by atoms with Crippen LogP contribution in [0.15, 0.2) is 59.0 Å².